The van der Waals surface area contributed by atoms with Gasteiger partial charge < -0.3 is 10.5 Å². The molecule has 1 unspecified atom stereocenters. The number of carbonyl (C=O) groups excluding carboxylic acids is 4. The number of fused-ring (bicyclic) bond motifs is 1. The van der Waals surface area contributed by atoms with Gasteiger partial charge in [0.2, 0.25) is 11.8 Å². The minimum atomic E-state index is -0.951. The van der Waals surface area contributed by atoms with Crippen molar-refractivity contribution >= 4 is 23.6 Å². The summed E-state index contributed by atoms with van der Waals surface area (Å²) in [6.45, 7) is 1.97. The van der Waals surface area contributed by atoms with Gasteiger partial charge in [-0.15, -0.1) is 0 Å². The summed E-state index contributed by atoms with van der Waals surface area (Å²) in [4.78, 5) is 52.1. The maximum Gasteiger partial charge on any atom is 0.262 e. The Labute approximate surface area is 161 Å². The molecule has 4 rings (SSSR count). The highest BCUT2D eigenvalue weighted by molar-refractivity contribution is 6.23. The molecule has 148 valence electrons. The Morgan fingerprint density at radius 1 is 1.14 bits per heavy atom. The average Bonchev–Trinajstić information content (AvgIpc) is 3.13. The summed E-state index contributed by atoms with van der Waals surface area (Å²) in [5.74, 6) is -1.99. The summed E-state index contributed by atoms with van der Waals surface area (Å²) in [6, 6.07) is 4.12. The SMILES string of the molecule is CO[C@@H]1CN(Cc2ccc3c(c2)C(=O)N(C2CCC(=O)NC2=O)C3=O)C[C@H]1N. The molecule has 3 atom stereocenters. The molecule has 0 radical (unpaired) electrons. The zero-order chi connectivity index (χ0) is 20.0. The van der Waals surface area contributed by atoms with Crippen molar-refractivity contribution < 1.29 is 23.9 Å². The largest absolute Gasteiger partial charge is 0.378 e. The Balaban J connectivity index is 1.53. The molecule has 0 bridgehead atoms. The molecule has 2 saturated heterocycles. The summed E-state index contributed by atoms with van der Waals surface area (Å²) in [5.41, 5.74) is 7.51. The number of carbonyl (C=O) groups is 4. The predicted molar refractivity (Wildman–Crippen MR) is 97.2 cm³/mol. The Morgan fingerprint density at radius 3 is 2.57 bits per heavy atom. The Kier molecular flexibility index (Phi) is 4.74. The molecule has 1 aromatic carbocycles. The van der Waals surface area contributed by atoms with E-state index in [0.29, 0.717) is 25.2 Å². The van der Waals surface area contributed by atoms with Crippen LogP contribution in [0.4, 0.5) is 0 Å². The van der Waals surface area contributed by atoms with Crippen LogP contribution in [0.2, 0.25) is 0 Å². The molecule has 0 spiro atoms. The van der Waals surface area contributed by atoms with E-state index in [1.54, 1.807) is 19.2 Å². The van der Waals surface area contributed by atoms with E-state index in [-0.39, 0.29) is 30.6 Å². The third-order valence-corrected chi connectivity index (χ3v) is 5.60. The van der Waals surface area contributed by atoms with E-state index >= 15 is 0 Å². The molecular weight excluding hydrogens is 364 g/mol. The number of piperidine rings is 1. The highest BCUT2D eigenvalue weighted by atomic mass is 16.5. The molecule has 3 aliphatic heterocycles. The molecule has 0 aliphatic carbocycles. The number of nitrogens with one attached hydrogen (secondary N) is 1. The first-order valence-corrected chi connectivity index (χ1v) is 9.24. The second kappa shape index (κ2) is 7.08. The van der Waals surface area contributed by atoms with E-state index in [4.69, 9.17) is 10.5 Å². The number of imide groups is 2. The topological polar surface area (TPSA) is 122 Å². The third-order valence-electron chi connectivity index (χ3n) is 5.60. The fraction of sp³-hybridized carbons (Fsp3) is 0.474. The number of benzene rings is 1. The first-order valence-electron chi connectivity index (χ1n) is 9.24. The molecule has 4 amide bonds. The van der Waals surface area contributed by atoms with Gasteiger partial charge in [0.1, 0.15) is 6.04 Å². The van der Waals surface area contributed by atoms with Crippen molar-refractivity contribution in [1.29, 1.82) is 0 Å². The van der Waals surface area contributed by atoms with Crippen molar-refractivity contribution in [1.82, 2.24) is 15.1 Å². The van der Waals surface area contributed by atoms with Gasteiger partial charge in [0.15, 0.2) is 0 Å². The van der Waals surface area contributed by atoms with Crippen molar-refractivity contribution in [3.8, 4) is 0 Å². The second-order valence-electron chi connectivity index (χ2n) is 7.46. The number of rotatable bonds is 4. The van der Waals surface area contributed by atoms with Gasteiger partial charge in [-0.2, -0.15) is 0 Å². The fourth-order valence-electron chi connectivity index (χ4n) is 4.13. The summed E-state index contributed by atoms with van der Waals surface area (Å²) in [5, 5.41) is 2.19. The highest BCUT2D eigenvalue weighted by Gasteiger charge is 2.44. The van der Waals surface area contributed by atoms with Crippen LogP contribution in [0.5, 0.6) is 0 Å². The number of hydrogen-bond acceptors (Lipinski definition) is 7. The fourth-order valence-corrected chi connectivity index (χ4v) is 4.13. The quantitative estimate of drug-likeness (QED) is 0.653. The van der Waals surface area contributed by atoms with Crippen LogP contribution in [-0.4, -0.2) is 71.8 Å². The van der Waals surface area contributed by atoms with E-state index < -0.39 is 29.7 Å². The summed E-state index contributed by atoms with van der Waals surface area (Å²) in [6.07, 6.45) is 0.221. The summed E-state index contributed by atoms with van der Waals surface area (Å²) >= 11 is 0. The lowest BCUT2D eigenvalue weighted by atomic mass is 10.0. The van der Waals surface area contributed by atoms with Crippen molar-refractivity contribution in [3.05, 3.63) is 34.9 Å². The molecule has 1 aromatic rings. The number of hydrogen-bond donors (Lipinski definition) is 2. The average molecular weight is 386 g/mol. The van der Waals surface area contributed by atoms with Crippen molar-refractivity contribution in [2.45, 2.75) is 37.6 Å². The van der Waals surface area contributed by atoms with Crippen molar-refractivity contribution in [3.63, 3.8) is 0 Å². The Hall–Kier alpha value is -2.62. The van der Waals surface area contributed by atoms with Gasteiger partial charge in [0.25, 0.3) is 11.8 Å². The maximum absolute atomic E-state index is 12.9. The van der Waals surface area contributed by atoms with Crippen LogP contribution in [-0.2, 0) is 20.9 Å². The first-order chi connectivity index (χ1) is 13.4. The normalized spacial score (nSPS) is 28.1. The summed E-state index contributed by atoms with van der Waals surface area (Å²) in [7, 11) is 1.64. The van der Waals surface area contributed by atoms with Crippen LogP contribution in [0.25, 0.3) is 0 Å². The van der Waals surface area contributed by atoms with Crippen LogP contribution < -0.4 is 11.1 Å². The number of amides is 4. The van der Waals surface area contributed by atoms with E-state index in [9.17, 15) is 19.2 Å². The van der Waals surface area contributed by atoms with Gasteiger partial charge in [0, 0.05) is 39.2 Å². The number of nitrogens with zero attached hydrogens (tertiary/aromatic N) is 2. The smallest absolute Gasteiger partial charge is 0.262 e. The molecule has 28 heavy (non-hydrogen) atoms. The lowest BCUT2D eigenvalue weighted by molar-refractivity contribution is -0.136. The van der Waals surface area contributed by atoms with Crippen LogP contribution in [0.15, 0.2) is 18.2 Å². The van der Waals surface area contributed by atoms with Gasteiger partial charge in [0.05, 0.1) is 17.2 Å². The molecule has 3 aliphatic rings. The monoisotopic (exact) mass is 386 g/mol. The molecule has 0 saturated carbocycles. The number of likely N-dealkylation sites (tertiary alicyclic amines) is 1. The van der Waals surface area contributed by atoms with E-state index in [2.05, 4.69) is 10.2 Å². The van der Waals surface area contributed by atoms with E-state index in [1.807, 2.05) is 6.07 Å². The molecule has 3 N–H and O–H groups in total. The van der Waals surface area contributed by atoms with Crippen molar-refractivity contribution in [2.75, 3.05) is 20.2 Å². The number of ether oxygens (including phenoxy) is 1. The van der Waals surface area contributed by atoms with Gasteiger partial charge in [-0.3, -0.25) is 34.3 Å². The summed E-state index contributed by atoms with van der Waals surface area (Å²) < 4.78 is 5.36. The van der Waals surface area contributed by atoms with Crippen LogP contribution in [0, 0.1) is 0 Å². The zero-order valence-electron chi connectivity index (χ0n) is 15.5. The molecule has 9 nitrogen and oxygen atoms in total. The highest BCUT2D eigenvalue weighted by Crippen LogP contribution is 2.29. The lowest BCUT2D eigenvalue weighted by Gasteiger charge is -2.27. The maximum atomic E-state index is 12.9. The molecule has 0 aromatic heterocycles. The third kappa shape index (κ3) is 3.11. The van der Waals surface area contributed by atoms with E-state index in [1.165, 1.54) is 0 Å². The van der Waals surface area contributed by atoms with Crippen LogP contribution >= 0.6 is 0 Å². The minimum Gasteiger partial charge on any atom is -0.378 e. The second-order valence-corrected chi connectivity index (χ2v) is 7.46. The number of methoxy groups -OCH3 is 1. The van der Waals surface area contributed by atoms with Gasteiger partial charge >= 0.3 is 0 Å². The Bertz CT molecular complexity index is 870. The first kappa shape index (κ1) is 18.7. The van der Waals surface area contributed by atoms with Gasteiger partial charge in [-0.25, -0.2) is 0 Å². The zero-order valence-corrected chi connectivity index (χ0v) is 15.5. The minimum absolute atomic E-state index is 0.0272. The lowest BCUT2D eigenvalue weighted by Crippen LogP contribution is -2.54. The standard InChI is InChI=1S/C19H22N4O5/c1-28-15-9-22(8-13(15)20)7-10-2-3-11-12(6-10)19(27)23(18(11)26)14-4-5-16(24)21-17(14)25/h2-3,6,13-15H,4-5,7-9,20H2,1H3,(H,21,24,25)/t13-,14?,15-/m1/s1. The molecule has 2 fully saturated rings. The molecule has 3 heterocycles. The van der Waals surface area contributed by atoms with Gasteiger partial charge in [-0.1, -0.05) is 6.07 Å². The molecular formula is C19H22N4O5. The molecule has 9 heteroatoms. The van der Waals surface area contributed by atoms with E-state index in [0.717, 1.165) is 10.5 Å². The number of nitrogens with two attached hydrogens (primary N) is 1. The van der Waals surface area contributed by atoms with Crippen molar-refractivity contribution in [2.24, 2.45) is 5.73 Å². The Morgan fingerprint density at radius 2 is 1.89 bits per heavy atom. The predicted octanol–water partition coefficient (Wildman–Crippen LogP) is -0.754. The van der Waals surface area contributed by atoms with Crippen LogP contribution in [0.1, 0.15) is 39.1 Å². The van der Waals surface area contributed by atoms with Gasteiger partial charge in [-0.05, 0) is 24.1 Å². The van der Waals surface area contributed by atoms with Crippen LogP contribution in [0.3, 0.4) is 0 Å².